The van der Waals surface area contributed by atoms with Gasteiger partial charge >= 0.3 is 0 Å². The Morgan fingerprint density at radius 2 is 2.20 bits per heavy atom. The average Bonchev–Trinajstić information content (AvgIpc) is 2.22. The molecule has 1 amide bonds. The summed E-state index contributed by atoms with van der Waals surface area (Å²) in [7, 11) is 0. The SMILES string of the molecule is C=C(Cl)CN1CCc2ccccc2C1=O. The largest absolute Gasteiger partial charge is 0.333 e. The first-order valence-corrected chi connectivity index (χ1v) is 5.27. The molecule has 0 bridgehead atoms. The fourth-order valence-corrected chi connectivity index (χ4v) is 1.98. The van der Waals surface area contributed by atoms with Crippen LogP contribution >= 0.6 is 11.6 Å². The fourth-order valence-electron chi connectivity index (χ4n) is 1.83. The van der Waals surface area contributed by atoms with Crippen molar-refractivity contribution in [3.63, 3.8) is 0 Å². The van der Waals surface area contributed by atoms with E-state index in [4.69, 9.17) is 11.6 Å². The van der Waals surface area contributed by atoms with Crippen molar-refractivity contribution in [2.45, 2.75) is 6.42 Å². The minimum Gasteiger partial charge on any atom is -0.333 e. The molecule has 1 aromatic carbocycles. The first-order chi connectivity index (χ1) is 7.18. The van der Waals surface area contributed by atoms with Gasteiger partial charge in [0.05, 0.1) is 6.54 Å². The van der Waals surface area contributed by atoms with E-state index in [2.05, 4.69) is 6.58 Å². The van der Waals surface area contributed by atoms with E-state index in [1.54, 1.807) is 4.90 Å². The molecule has 78 valence electrons. The van der Waals surface area contributed by atoms with Crippen LogP contribution < -0.4 is 0 Å². The number of nitrogens with zero attached hydrogens (tertiary/aromatic N) is 1. The van der Waals surface area contributed by atoms with E-state index < -0.39 is 0 Å². The second kappa shape index (κ2) is 4.07. The molecule has 0 unspecified atom stereocenters. The van der Waals surface area contributed by atoms with Gasteiger partial charge < -0.3 is 4.90 Å². The molecule has 0 atom stereocenters. The molecule has 0 aliphatic carbocycles. The lowest BCUT2D eigenvalue weighted by Crippen LogP contribution is -2.38. The third-order valence-electron chi connectivity index (χ3n) is 2.55. The van der Waals surface area contributed by atoms with E-state index in [9.17, 15) is 4.79 Å². The summed E-state index contributed by atoms with van der Waals surface area (Å²) in [4.78, 5) is 13.7. The van der Waals surface area contributed by atoms with Gasteiger partial charge in [0, 0.05) is 17.1 Å². The molecule has 1 aromatic rings. The molecule has 0 N–H and O–H groups in total. The highest BCUT2D eigenvalue weighted by atomic mass is 35.5. The van der Waals surface area contributed by atoms with E-state index in [1.807, 2.05) is 24.3 Å². The van der Waals surface area contributed by atoms with Crippen molar-refractivity contribution < 1.29 is 4.79 Å². The molecule has 3 heteroatoms. The number of amides is 1. The maximum atomic E-state index is 12.0. The molecular weight excluding hydrogens is 210 g/mol. The summed E-state index contributed by atoms with van der Waals surface area (Å²) in [6, 6.07) is 7.71. The minimum absolute atomic E-state index is 0.0543. The molecule has 1 aliphatic rings. The predicted octanol–water partition coefficient (Wildman–Crippen LogP) is 2.44. The maximum Gasteiger partial charge on any atom is 0.254 e. The Balaban J connectivity index is 2.26. The molecule has 0 spiro atoms. The molecule has 1 heterocycles. The van der Waals surface area contributed by atoms with Crippen molar-refractivity contribution >= 4 is 17.5 Å². The Morgan fingerprint density at radius 1 is 1.47 bits per heavy atom. The molecule has 15 heavy (non-hydrogen) atoms. The van der Waals surface area contributed by atoms with Crippen molar-refractivity contribution in [1.29, 1.82) is 0 Å². The van der Waals surface area contributed by atoms with Gasteiger partial charge in [-0.1, -0.05) is 36.4 Å². The molecule has 0 aromatic heterocycles. The van der Waals surface area contributed by atoms with E-state index in [0.717, 1.165) is 24.1 Å². The van der Waals surface area contributed by atoms with Crippen LogP contribution in [0, 0.1) is 0 Å². The molecule has 2 rings (SSSR count). The van der Waals surface area contributed by atoms with Crippen LogP contribution in [0.3, 0.4) is 0 Å². The topological polar surface area (TPSA) is 20.3 Å². The van der Waals surface area contributed by atoms with Crippen LogP contribution in [0.25, 0.3) is 0 Å². The molecular formula is C12H12ClNO. The molecule has 2 nitrogen and oxygen atoms in total. The lowest BCUT2D eigenvalue weighted by Gasteiger charge is -2.28. The van der Waals surface area contributed by atoms with Gasteiger partial charge in [-0.15, -0.1) is 0 Å². The molecule has 1 aliphatic heterocycles. The first kappa shape index (κ1) is 10.2. The molecule has 0 saturated carbocycles. The van der Waals surface area contributed by atoms with Crippen LogP contribution in [-0.2, 0) is 6.42 Å². The van der Waals surface area contributed by atoms with Gasteiger partial charge in [-0.3, -0.25) is 4.79 Å². The smallest absolute Gasteiger partial charge is 0.254 e. The standard InChI is InChI=1S/C12H12ClNO/c1-9(13)8-14-7-6-10-4-2-3-5-11(10)12(14)15/h2-5H,1,6-8H2. The quantitative estimate of drug-likeness (QED) is 0.751. The Kier molecular flexibility index (Phi) is 2.78. The maximum absolute atomic E-state index is 12.0. The van der Waals surface area contributed by atoms with Crippen LogP contribution in [0.15, 0.2) is 35.9 Å². The summed E-state index contributed by atoms with van der Waals surface area (Å²) in [6.07, 6.45) is 0.895. The van der Waals surface area contributed by atoms with Gasteiger partial charge in [0.2, 0.25) is 0 Å². The number of rotatable bonds is 2. The van der Waals surface area contributed by atoms with Gasteiger partial charge in [-0.05, 0) is 18.1 Å². The van der Waals surface area contributed by atoms with Gasteiger partial charge in [0.1, 0.15) is 0 Å². The zero-order valence-electron chi connectivity index (χ0n) is 8.37. The van der Waals surface area contributed by atoms with Crippen LogP contribution in [0.5, 0.6) is 0 Å². The second-order valence-electron chi connectivity index (χ2n) is 3.65. The Labute approximate surface area is 94.2 Å². The molecule has 0 saturated heterocycles. The second-order valence-corrected chi connectivity index (χ2v) is 4.19. The summed E-state index contributed by atoms with van der Waals surface area (Å²) in [5.41, 5.74) is 1.92. The van der Waals surface area contributed by atoms with Crippen LogP contribution in [0.2, 0.25) is 0 Å². The fraction of sp³-hybridized carbons (Fsp3) is 0.250. The third kappa shape index (κ3) is 2.05. The molecule has 0 radical (unpaired) electrons. The number of hydrogen-bond acceptors (Lipinski definition) is 1. The molecule has 0 fully saturated rings. The van der Waals surface area contributed by atoms with Crippen molar-refractivity contribution in [3.05, 3.63) is 47.0 Å². The summed E-state index contributed by atoms with van der Waals surface area (Å²) in [6.45, 7) is 4.77. The van der Waals surface area contributed by atoms with Gasteiger partial charge in [-0.2, -0.15) is 0 Å². The Morgan fingerprint density at radius 3 is 2.93 bits per heavy atom. The zero-order valence-corrected chi connectivity index (χ0v) is 9.13. The lowest BCUT2D eigenvalue weighted by molar-refractivity contribution is 0.0757. The highest BCUT2D eigenvalue weighted by Crippen LogP contribution is 2.19. The number of carbonyl (C=O) groups is 1. The Hall–Kier alpha value is -1.28. The highest BCUT2D eigenvalue weighted by Gasteiger charge is 2.23. The summed E-state index contributed by atoms with van der Waals surface area (Å²) >= 11 is 5.72. The summed E-state index contributed by atoms with van der Waals surface area (Å²) in [5, 5.41) is 0.503. The number of benzene rings is 1. The van der Waals surface area contributed by atoms with Crippen LogP contribution in [0.4, 0.5) is 0 Å². The van der Waals surface area contributed by atoms with Crippen molar-refractivity contribution in [1.82, 2.24) is 4.90 Å². The van der Waals surface area contributed by atoms with Crippen molar-refractivity contribution in [2.24, 2.45) is 0 Å². The van der Waals surface area contributed by atoms with Crippen molar-refractivity contribution in [2.75, 3.05) is 13.1 Å². The minimum atomic E-state index is 0.0543. The van der Waals surface area contributed by atoms with Crippen molar-refractivity contribution in [3.8, 4) is 0 Å². The average molecular weight is 222 g/mol. The first-order valence-electron chi connectivity index (χ1n) is 4.89. The number of fused-ring (bicyclic) bond motifs is 1. The van der Waals surface area contributed by atoms with E-state index in [0.29, 0.717) is 11.6 Å². The zero-order chi connectivity index (χ0) is 10.8. The van der Waals surface area contributed by atoms with Gasteiger partial charge in [0.25, 0.3) is 5.91 Å². The van der Waals surface area contributed by atoms with E-state index in [1.165, 1.54) is 0 Å². The predicted molar refractivity (Wildman–Crippen MR) is 61.0 cm³/mol. The highest BCUT2D eigenvalue weighted by molar-refractivity contribution is 6.29. The van der Waals surface area contributed by atoms with E-state index in [-0.39, 0.29) is 5.91 Å². The monoisotopic (exact) mass is 221 g/mol. The number of hydrogen-bond donors (Lipinski definition) is 0. The van der Waals surface area contributed by atoms with Crippen LogP contribution in [-0.4, -0.2) is 23.9 Å². The van der Waals surface area contributed by atoms with E-state index >= 15 is 0 Å². The third-order valence-corrected chi connectivity index (χ3v) is 2.67. The summed E-state index contributed by atoms with van der Waals surface area (Å²) in [5.74, 6) is 0.0543. The Bertz CT molecular complexity index is 414. The lowest BCUT2D eigenvalue weighted by atomic mass is 9.99. The van der Waals surface area contributed by atoms with Gasteiger partial charge in [0.15, 0.2) is 0 Å². The number of halogens is 1. The summed E-state index contributed by atoms with van der Waals surface area (Å²) < 4.78 is 0. The number of carbonyl (C=O) groups excluding carboxylic acids is 1. The van der Waals surface area contributed by atoms with Gasteiger partial charge in [-0.25, -0.2) is 0 Å². The van der Waals surface area contributed by atoms with Crippen LogP contribution in [0.1, 0.15) is 15.9 Å². The normalized spacial score (nSPS) is 15.0.